The Morgan fingerprint density at radius 2 is 2.00 bits per heavy atom. The third-order valence-corrected chi connectivity index (χ3v) is 3.63. The summed E-state index contributed by atoms with van der Waals surface area (Å²) < 4.78 is 0. The minimum absolute atomic E-state index is 0.133. The molecule has 1 atom stereocenters. The minimum atomic E-state index is -0.154. The van der Waals surface area contributed by atoms with Gasteiger partial charge in [-0.15, -0.1) is 0 Å². The Morgan fingerprint density at radius 1 is 1.32 bits per heavy atom. The highest BCUT2D eigenvalue weighted by Crippen LogP contribution is 2.14. The lowest BCUT2D eigenvalue weighted by Gasteiger charge is -2.29. The Bertz CT molecular complexity index is 378. The molecule has 0 heterocycles. The molecule has 0 saturated carbocycles. The van der Waals surface area contributed by atoms with Crippen LogP contribution in [-0.4, -0.2) is 18.0 Å². The average Bonchev–Trinajstić information content (AvgIpc) is 2.40. The van der Waals surface area contributed by atoms with E-state index in [9.17, 15) is 4.79 Å². The van der Waals surface area contributed by atoms with Crippen LogP contribution in [0.25, 0.3) is 0 Å². The molecule has 3 heteroatoms. The number of nitrogens with two attached hydrogens (primary N) is 1. The lowest BCUT2D eigenvalue weighted by molar-refractivity contribution is -0.123. The first-order valence-corrected chi connectivity index (χ1v) is 7.14. The van der Waals surface area contributed by atoms with Gasteiger partial charge in [0.1, 0.15) is 0 Å². The van der Waals surface area contributed by atoms with E-state index in [1.807, 2.05) is 18.2 Å². The molecule has 0 aliphatic heterocycles. The van der Waals surface area contributed by atoms with Crippen molar-refractivity contribution in [3.05, 3.63) is 35.9 Å². The molecule has 3 N–H and O–H groups in total. The first kappa shape index (κ1) is 15.7. The molecule has 0 aromatic heterocycles. The summed E-state index contributed by atoms with van der Waals surface area (Å²) in [5.41, 5.74) is 6.72. The molecule has 106 valence electrons. The number of hydrogen-bond acceptors (Lipinski definition) is 2. The normalized spacial score (nSPS) is 13.8. The van der Waals surface area contributed by atoms with Gasteiger partial charge in [0.25, 0.3) is 0 Å². The number of aryl methyl sites for hydroxylation is 1. The van der Waals surface area contributed by atoms with E-state index < -0.39 is 0 Å². The Balaban J connectivity index is 2.31. The highest BCUT2D eigenvalue weighted by atomic mass is 16.1. The highest BCUT2D eigenvalue weighted by Gasteiger charge is 2.22. The van der Waals surface area contributed by atoms with Gasteiger partial charge in [-0.25, -0.2) is 0 Å². The molecule has 1 rings (SSSR count). The molecule has 0 aliphatic rings. The number of rotatable bonds is 8. The van der Waals surface area contributed by atoms with Crippen molar-refractivity contribution in [3.8, 4) is 0 Å². The zero-order chi connectivity index (χ0) is 14.1. The molecule has 0 aliphatic carbocycles. The molecule has 3 nitrogen and oxygen atoms in total. The molecular weight excluding hydrogens is 236 g/mol. The summed E-state index contributed by atoms with van der Waals surface area (Å²) in [6, 6.07) is 10.3. The van der Waals surface area contributed by atoms with Crippen molar-refractivity contribution in [1.82, 2.24) is 5.32 Å². The molecule has 0 fully saturated rings. The standard InChI is InChI=1S/C16H26N2O/c1-3-16(2,12-13-17)18-15(19)11-7-10-14-8-5-4-6-9-14/h4-6,8-9H,3,7,10-13,17H2,1-2H3,(H,18,19). The predicted molar refractivity (Wildman–Crippen MR) is 79.9 cm³/mol. The van der Waals surface area contributed by atoms with Crippen molar-refractivity contribution in [2.45, 2.75) is 51.5 Å². The van der Waals surface area contributed by atoms with Gasteiger partial charge in [0.2, 0.25) is 5.91 Å². The van der Waals surface area contributed by atoms with Crippen LogP contribution in [0.15, 0.2) is 30.3 Å². The highest BCUT2D eigenvalue weighted by molar-refractivity contribution is 5.76. The zero-order valence-corrected chi connectivity index (χ0v) is 12.1. The Kier molecular flexibility index (Phi) is 6.57. The Labute approximate surface area is 116 Å². The van der Waals surface area contributed by atoms with Gasteiger partial charge in [-0.2, -0.15) is 0 Å². The first-order valence-electron chi connectivity index (χ1n) is 7.14. The number of nitrogens with one attached hydrogen (secondary N) is 1. The topological polar surface area (TPSA) is 55.1 Å². The van der Waals surface area contributed by atoms with Crippen LogP contribution < -0.4 is 11.1 Å². The minimum Gasteiger partial charge on any atom is -0.351 e. The molecular formula is C16H26N2O. The number of benzene rings is 1. The molecule has 1 aromatic carbocycles. The number of amides is 1. The summed E-state index contributed by atoms with van der Waals surface area (Å²) in [5.74, 6) is 0.133. The van der Waals surface area contributed by atoms with Crippen molar-refractivity contribution < 1.29 is 4.79 Å². The predicted octanol–water partition coefficient (Wildman–Crippen LogP) is 2.64. The summed E-state index contributed by atoms with van der Waals surface area (Å²) in [4.78, 5) is 11.9. The van der Waals surface area contributed by atoms with Crippen molar-refractivity contribution in [2.24, 2.45) is 5.73 Å². The fraction of sp³-hybridized carbons (Fsp3) is 0.562. The SMILES string of the molecule is CCC(C)(CCN)NC(=O)CCCc1ccccc1. The monoisotopic (exact) mass is 262 g/mol. The van der Waals surface area contributed by atoms with E-state index in [1.165, 1.54) is 5.56 Å². The van der Waals surface area contributed by atoms with Crippen LogP contribution in [0, 0.1) is 0 Å². The van der Waals surface area contributed by atoms with Crippen LogP contribution >= 0.6 is 0 Å². The van der Waals surface area contributed by atoms with Crippen molar-refractivity contribution in [1.29, 1.82) is 0 Å². The number of hydrogen-bond donors (Lipinski definition) is 2. The van der Waals surface area contributed by atoms with Gasteiger partial charge >= 0.3 is 0 Å². The van der Waals surface area contributed by atoms with Gasteiger partial charge in [-0.3, -0.25) is 4.79 Å². The lowest BCUT2D eigenvalue weighted by atomic mass is 9.94. The van der Waals surface area contributed by atoms with Crippen LogP contribution in [-0.2, 0) is 11.2 Å². The van der Waals surface area contributed by atoms with E-state index in [0.29, 0.717) is 13.0 Å². The fourth-order valence-corrected chi connectivity index (χ4v) is 2.14. The van der Waals surface area contributed by atoms with E-state index in [1.54, 1.807) is 0 Å². The van der Waals surface area contributed by atoms with E-state index >= 15 is 0 Å². The van der Waals surface area contributed by atoms with Gasteiger partial charge in [0.05, 0.1) is 0 Å². The van der Waals surface area contributed by atoms with Gasteiger partial charge < -0.3 is 11.1 Å². The maximum absolute atomic E-state index is 11.9. The van der Waals surface area contributed by atoms with E-state index in [2.05, 4.69) is 31.3 Å². The number of carbonyl (C=O) groups is 1. The van der Waals surface area contributed by atoms with Crippen LogP contribution in [0.1, 0.15) is 45.1 Å². The van der Waals surface area contributed by atoms with Crippen LogP contribution in [0.4, 0.5) is 0 Å². The molecule has 1 aromatic rings. The third-order valence-electron chi connectivity index (χ3n) is 3.63. The summed E-state index contributed by atoms with van der Waals surface area (Å²) in [6.07, 6.45) is 4.16. The van der Waals surface area contributed by atoms with Crippen LogP contribution in [0.5, 0.6) is 0 Å². The third kappa shape index (κ3) is 5.88. The second-order valence-electron chi connectivity index (χ2n) is 5.34. The fourth-order valence-electron chi connectivity index (χ4n) is 2.14. The molecule has 1 amide bonds. The zero-order valence-electron chi connectivity index (χ0n) is 12.1. The quantitative estimate of drug-likeness (QED) is 0.756. The Morgan fingerprint density at radius 3 is 2.58 bits per heavy atom. The largest absolute Gasteiger partial charge is 0.351 e. The van der Waals surface area contributed by atoms with E-state index in [4.69, 9.17) is 5.73 Å². The van der Waals surface area contributed by atoms with Crippen LogP contribution in [0.2, 0.25) is 0 Å². The average molecular weight is 262 g/mol. The van der Waals surface area contributed by atoms with Crippen molar-refractivity contribution in [3.63, 3.8) is 0 Å². The van der Waals surface area contributed by atoms with Gasteiger partial charge in [-0.1, -0.05) is 37.3 Å². The van der Waals surface area contributed by atoms with E-state index in [-0.39, 0.29) is 11.4 Å². The summed E-state index contributed by atoms with van der Waals surface area (Å²) in [5, 5.41) is 3.11. The van der Waals surface area contributed by atoms with Gasteiger partial charge in [0.15, 0.2) is 0 Å². The lowest BCUT2D eigenvalue weighted by Crippen LogP contribution is -2.46. The van der Waals surface area contributed by atoms with Crippen LogP contribution in [0.3, 0.4) is 0 Å². The van der Waals surface area contributed by atoms with Crippen molar-refractivity contribution >= 4 is 5.91 Å². The molecule has 0 spiro atoms. The summed E-state index contributed by atoms with van der Waals surface area (Å²) in [6.45, 7) is 4.75. The maximum Gasteiger partial charge on any atom is 0.220 e. The summed E-state index contributed by atoms with van der Waals surface area (Å²) >= 11 is 0. The van der Waals surface area contributed by atoms with Gasteiger partial charge in [-0.05, 0) is 44.7 Å². The molecule has 1 unspecified atom stereocenters. The summed E-state index contributed by atoms with van der Waals surface area (Å²) in [7, 11) is 0. The second-order valence-corrected chi connectivity index (χ2v) is 5.34. The maximum atomic E-state index is 11.9. The molecule has 19 heavy (non-hydrogen) atoms. The van der Waals surface area contributed by atoms with Gasteiger partial charge in [0, 0.05) is 12.0 Å². The second kappa shape index (κ2) is 7.95. The number of carbonyl (C=O) groups excluding carboxylic acids is 1. The molecule has 0 saturated heterocycles. The van der Waals surface area contributed by atoms with Crippen molar-refractivity contribution in [2.75, 3.05) is 6.54 Å². The van der Waals surface area contributed by atoms with E-state index in [0.717, 1.165) is 25.7 Å². The molecule has 0 radical (unpaired) electrons. The first-order chi connectivity index (χ1) is 9.09. The smallest absolute Gasteiger partial charge is 0.220 e. The molecule has 0 bridgehead atoms. The Hall–Kier alpha value is -1.35.